The van der Waals surface area contributed by atoms with Gasteiger partial charge in [-0.05, 0) is 11.8 Å². The number of methoxy groups -OCH3 is 1. The van der Waals surface area contributed by atoms with Gasteiger partial charge in [0.1, 0.15) is 12.6 Å². The van der Waals surface area contributed by atoms with Gasteiger partial charge in [-0.25, -0.2) is 15.0 Å². The number of hydrogen-bond donors (Lipinski definition) is 1. The predicted molar refractivity (Wildman–Crippen MR) is 58.8 cm³/mol. The van der Waals surface area contributed by atoms with Crippen LogP contribution in [-0.4, -0.2) is 29.1 Å². The minimum Gasteiger partial charge on any atom is -0.490 e. The molecule has 84 valence electrons. The number of ether oxygens (including phenoxy) is 1. The van der Waals surface area contributed by atoms with Crippen LogP contribution in [0.1, 0.15) is 0 Å². The topological polar surface area (TPSA) is 73.1 Å². The van der Waals surface area contributed by atoms with E-state index in [4.69, 9.17) is 9.15 Å². The minimum atomic E-state index is 0.513. The van der Waals surface area contributed by atoms with Crippen molar-refractivity contribution >= 4 is 17.6 Å². The van der Waals surface area contributed by atoms with Gasteiger partial charge in [-0.15, -0.1) is 0 Å². The second kappa shape index (κ2) is 4.84. The van der Waals surface area contributed by atoms with Crippen LogP contribution in [0.25, 0.3) is 0 Å². The van der Waals surface area contributed by atoms with Crippen LogP contribution in [0, 0.1) is 0 Å². The molecule has 2 aromatic heterocycles. The van der Waals surface area contributed by atoms with Gasteiger partial charge in [-0.3, -0.25) is 0 Å². The molecule has 1 N–H and O–H groups in total. The van der Waals surface area contributed by atoms with Crippen molar-refractivity contribution in [2.45, 2.75) is 10.2 Å². The van der Waals surface area contributed by atoms with Gasteiger partial charge >= 0.3 is 0 Å². The zero-order valence-electron chi connectivity index (χ0n) is 8.80. The molecule has 0 amide bonds. The van der Waals surface area contributed by atoms with Gasteiger partial charge in [-0.1, -0.05) is 0 Å². The summed E-state index contributed by atoms with van der Waals surface area (Å²) < 4.78 is 10.4. The lowest BCUT2D eigenvalue weighted by Crippen LogP contribution is -1.99. The molecular weight excluding hydrogens is 228 g/mol. The van der Waals surface area contributed by atoms with Crippen molar-refractivity contribution in [2.24, 2.45) is 0 Å². The molecule has 0 bridgehead atoms. The Hall–Kier alpha value is -1.76. The Morgan fingerprint density at radius 1 is 1.38 bits per heavy atom. The molecule has 6 nitrogen and oxygen atoms in total. The highest BCUT2D eigenvalue weighted by Crippen LogP contribution is 2.35. The van der Waals surface area contributed by atoms with E-state index in [1.54, 1.807) is 20.4 Å². The summed E-state index contributed by atoms with van der Waals surface area (Å²) in [4.78, 5) is 12.2. The van der Waals surface area contributed by atoms with Crippen molar-refractivity contribution in [2.75, 3.05) is 19.5 Å². The van der Waals surface area contributed by atoms with Crippen LogP contribution in [0.2, 0.25) is 0 Å². The molecule has 0 saturated carbocycles. The number of nitrogens with zero attached hydrogens (tertiary/aromatic N) is 3. The van der Waals surface area contributed by atoms with Gasteiger partial charge in [0, 0.05) is 7.05 Å². The third kappa shape index (κ3) is 2.08. The summed E-state index contributed by atoms with van der Waals surface area (Å²) in [5.41, 5.74) is 0. The van der Waals surface area contributed by atoms with Crippen LogP contribution in [-0.2, 0) is 0 Å². The first kappa shape index (κ1) is 10.7. The Morgan fingerprint density at radius 3 is 2.88 bits per heavy atom. The van der Waals surface area contributed by atoms with Crippen molar-refractivity contribution in [3.05, 3.63) is 18.8 Å². The van der Waals surface area contributed by atoms with Crippen LogP contribution in [0.4, 0.5) is 5.82 Å². The second-order valence-corrected chi connectivity index (χ2v) is 3.65. The van der Waals surface area contributed by atoms with E-state index in [0.29, 0.717) is 21.8 Å². The molecule has 0 fully saturated rings. The molecule has 0 aliphatic heterocycles. The summed E-state index contributed by atoms with van der Waals surface area (Å²) in [5.74, 6) is 1.21. The fourth-order valence-corrected chi connectivity index (χ4v) is 1.89. The molecule has 2 aromatic rings. The summed E-state index contributed by atoms with van der Waals surface area (Å²) in [5, 5.41) is 4.10. The molecule has 0 aliphatic rings. The van der Waals surface area contributed by atoms with E-state index in [9.17, 15) is 0 Å². The number of anilines is 1. The summed E-state index contributed by atoms with van der Waals surface area (Å²) >= 11 is 1.28. The summed E-state index contributed by atoms with van der Waals surface area (Å²) in [7, 11) is 3.34. The average Bonchev–Trinajstić information content (AvgIpc) is 2.81. The van der Waals surface area contributed by atoms with Crippen molar-refractivity contribution in [1.82, 2.24) is 15.0 Å². The molecule has 16 heavy (non-hydrogen) atoms. The van der Waals surface area contributed by atoms with Crippen LogP contribution in [0.3, 0.4) is 0 Å². The van der Waals surface area contributed by atoms with Gasteiger partial charge in [0.05, 0.1) is 13.3 Å². The van der Waals surface area contributed by atoms with E-state index in [2.05, 4.69) is 20.3 Å². The zero-order valence-corrected chi connectivity index (χ0v) is 9.61. The maximum absolute atomic E-state index is 5.24. The quantitative estimate of drug-likeness (QED) is 0.812. The van der Waals surface area contributed by atoms with Gasteiger partial charge in [-0.2, -0.15) is 0 Å². The lowest BCUT2D eigenvalue weighted by molar-refractivity contribution is 0.399. The fourth-order valence-electron chi connectivity index (χ4n) is 1.14. The Morgan fingerprint density at radius 2 is 2.25 bits per heavy atom. The average molecular weight is 238 g/mol. The maximum Gasteiger partial charge on any atom is 0.262 e. The number of hydrogen-bond acceptors (Lipinski definition) is 7. The number of nitrogens with one attached hydrogen (secondary N) is 1. The smallest absolute Gasteiger partial charge is 0.262 e. The normalized spacial score (nSPS) is 10.1. The second-order valence-electron chi connectivity index (χ2n) is 2.71. The number of aromatic nitrogens is 3. The van der Waals surface area contributed by atoms with E-state index in [-0.39, 0.29) is 0 Å². The van der Waals surface area contributed by atoms with Crippen molar-refractivity contribution in [1.29, 1.82) is 0 Å². The Kier molecular flexibility index (Phi) is 3.25. The highest BCUT2D eigenvalue weighted by molar-refractivity contribution is 7.99. The molecule has 7 heteroatoms. The summed E-state index contributed by atoms with van der Waals surface area (Å²) in [6, 6.07) is 0. The molecule has 0 aromatic carbocycles. The highest BCUT2D eigenvalue weighted by Gasteiger charge is 2.14. The summed E-state index contributed by atoms with van der Waals surface area (Å²) in [6.45, 7) is 0. The van der Waals surface area contributed by atoms with E-state index < -0.39 is 0 Å². The summed E-state index contributed by atoms with van der Waals surface area (Å²) in [6.07, 6.45) is 4.55. The Bertz CT molecular complexity index is 461. The largest absolute Gasteiger partial charge is 0.490 e. The Labute approximate surface area is 96.5 Å². The molecule has 0 saturated heterocycles. The standard InChI is InChI=1S/C9H10N4O2S/c1-10-7-6(14-2)8(13-5-12-7)16-9-11-3-4-15-9/h3-5H,1-2H3,(H,10,12,13). The van der Waals surface area contributed by atoms with E-state index in [0.717, 1.165) is 0 Å². The molecule has 0 aliphatic carbocycles. The highest BCUT2D eigenvalue weighted by atomic mass is 32.2. The molecule has 0 unspecified atom stereocenters. The van der Waals surface area contributed by atoms with E-state index in [1.807, 2.05) is 0 Å². The number of oxazole rings is 1. The van der Waals surface area contributed by atoms with Gasteiger partial charge in [0.25, 0.3) is 5.22 Å². The van der Waals surface area contributed by atoms with Crippen LogP contribution >= 0.6 is 11.8 Å². The molecule has 0 atom stereocenters. The lowest BCUT2D eigenvalue weighted by Gasteiger charge is -2.08. The van der Waals surface area contributed by atoms with E-state index >= 15 is 0 Å². The van der Waals surface area contributed by atoms with Crippen LogP contribution in [0.15, 0.2) is 33.5 Å². The first-order valence-electron chi connectivity index (χ1n) is 4.49. The van der Waals surface area contributed by atoms with Crippen LogP contribution < -0.4 is 10.1 Å². The predicted octanol–water partition coefficient (Wildman–Crippen LogP) is 1.67. The maximum atomic E-state index is 5.24. The molecular formula is C9H10N4O2S. The lowest BCUT2D eigenvalue weighted by atomic mass is 10.5. The molecule has 0 radical (unpaired) electrons. The van der Waals surface area contributed by atoms with E-state index in [1.165, 1.54) is 24.4 Å². The third-order valence-corrected chi connectivity index (χ3v) is 2.67. The molecule has 2 heterocycles. The first-order valence-corrected chi connectivity index (χ1v) is 5.31. The van der Waals surface area contributed by atoms with Gasteiger partial charge in [0.2, 0.25) is 0 Å². The number of rotatable bonds is 4. The zero-order chi connectivity index (χ0) is 11.4. The van der Waals surface area contributed by atoms with Crippen LogP contribution in [0.5, 0.6) is 5.75 Å². The molecule has 0 spiro atoms. The fraction of sp³-hybridized carbons (Fsp3) is 0.222. The monoisotopic (exact) mass is 238 g/mol. The van der Waals surface area contributed by atoms with Crippen molar-refractivity contribution in [3.63, 3.8) is 0 Å². The Balaban J connectivity index is 2.33. The minimum absolute atomic E-state index is 0.513. The SMILES string of the molecule is CNc1ncnc(Sc2ncco2)c1OC. The van der Waals surface area contributed by atoms with Crippen molar-refractivity contribution < 1.29 is 9.15 Å². The first-order chi connectivity index (χ1) is 7.85. The third-order valence-electron chi connectivity index (χ3n) is 1.81. The molecule has 2 rings (SSSR count). The van der Waals surface area contributed by atoms with Gasteiger partial charge in [0.15, 0.2) is 16.6 Å². The van der Waals surface area contributed by atoms with Gasteiger partial charge < -0.3 is 14.5 Å². The van der Waals surface area contributed by atoms with Crippen molar-refractivity contribution in [3.8, 4) is 5.75 Å².